The van der Waals surface area contributed by atoms with E-state index in [1.807, 2.05) is 37.3 Å². The molecule has 16 nitrogen and oxygen atoms in total. The number of carboxylic acid groups (broad SMARTS) is 1. The van der Waals surface area contributed by atoms with Gasteiger partial charge in [0.25, 0.3) is 0 Å². The van der Waals surface area contributed by atoms with E-state index in [0.717, 1.165) is 11.1 Å². The van der Waals surface area contributed by atoms with Crippen LogP contribution in [0.2, 0.25) is 0 Å². The Hall–Kier alpha value is -5.51. The van der Waals surface area contributed by atoms with Crippen molar-refractivity contribution >= 4 is 41.4 Å². The number of hydrogen-bond acceptors (Lipinski definition) is 9. The molecule has 0 saturated carbocycles. The van der Waals surface area contributed by atoms with Gasteiger partial charge in [-0.05, 0) is 74.1 Å². The summed E-state index contributed by atoms with van der Waals surface area (Å²) in [5, 5.41) is 27.4. The molecule has 2 aromatic carbocycles. The van der Waals surface area contributed by atoms with E-state index in [9.17, 15) is 43.8 Å². The highest BCUT2D eigenvalue weighted by Gasteiger charge is 2.42. The van der Waals surface area contributed by atoms with E-state index < -0.39 is 84.2 Å². The van der Waals surface area contributed by atoms with Gasteiger partial charge >= 0.3 is 5.97 Å². The Labute approximate surface area is 332 Å². The van der Waals surface area contributed by atoms with Gasteiger partial charge in [-0.1, -0.05) is 62.7 Å². The quantitative estimate of drug-likeness (QED) is 0.139. The molecule has 2 unspecified atom stereocenters. The number of aromatic hydroxyl groups is 1. The Balaban J connectivity index is 1.22. The zero-order valence-corrected chi connectivity index (χ0v) is 32.6. The lowest BCUT2D eigenvalue weighted by molar-refractivity contribution is -0.145. The number of rotatable bonds is 16. The molecule has 3 heterocycles. The fourth-order valence-electron chi connectivity index (χ4n) is 7.96. The normalized spacial score (nSPS) is 21.3. The molecule has 0 aliphatic carbocycles. The van der Waals surface area contributed by atoms with Crippen LogP contribution in [0.1, 0.15) is 69.9 Å². The van der Waals surface area contributed by atoms with Crippen LogP contribution in [0.3, 0.4) is 0 Å². The molecule has 0 spiro atoms. The summed E-state index contributed by atoms with van der Waals surface area (Å²) in [6, 6.07) is 9.81. The smallest absolute Gasteiger partial charge is 0.326 e. The van der Waals surface area contributed by atoms with Crippen molar-refractivity contribution in [1.82, 2.24) is 30.7 Å². The number of phenols is 1. The van der Waals surface area contributed by atoms with E-state index in [4.69, 9.17) is 5.73 Å². The molecule has 3 saturated heterocycles. The Morgan fingerprint density at radius 3 is 1.84 bits per heavy atom. The molecular formula is C41H55N7O9. The molecule has 3 fully saturated rings. The summed E-state index contributed by atoms with van der Waals surface area (Å²) in [7, 11) is 0. The third kappa shape index (κ3) is 10.7. The number of hydrogen-bond donors (Lipinski definition) is 6. The van der Waals surface area contributed by atoms with E-state index in [2.05, 4.69) is 16.0 Å². The third-order valence-electron chi connectivity index (χ3n) is 11.3. The maximum absolute atomic E-state index is 14.3. The second kappa shape index (κ2) is 19.6. The number of carbonyl (C=O) groups is 7. The van der Waals surface area contributed by atoms with Crippen LogP contribution in [-0.4, -0.2) is 129 Å². The number of likely N-dealkylation sites (tertiary alicyclic amines) is 3. The molecule has 6 amide bonds. The van der Waals surface area contributed by atoms with E-state index in [0.29, 0.717) is 51.5 Å². The van der Waals surface area contributed by atoms with Crippen LogP contribution < -0.4 is 21.7 Å². The second-order valence-electron chi connectivity index (χ2n) is 15.3. The average Bonchev–Trinajstić information content (AvgIpc) is 4.01. The molecule has 3 aliphatic heterocycles. The highest BCUT2D eigenvalue weighted by molar-refractivity contribution is 5.97. The zero-order chi connectivity index (χ0) is 41.2. The zero-order valence-electron chi connectivity index (χ0n) is 32.6. The highest BCUT2D eigenvalue weighted by Crippen LogP contribution is 2.24. The van der Waals surface area contributed by atoms with Crippen LogP contribution in [0.25, 0.3) is 0 Å². The van der Waals surface area contributed by atoms with Crippen LogP contribution in [0, 0.1) is 5.92 Å². The molecule has 308 valence electrons. The molecular weight excluding hydrogens is 734 g/mol. The van der Waals surface area contributed by atoms with Gasteiger partial charge in [0, 0.05) is 26.1 Å². The molecule has 0 bridgehead atoms. The monoisotopic (exact) mass is 789 g/mol. The number of carboxylic acids is 1. The van der Waals surface area contributed by atoms with Crippen LogP contribution in [0.5, 0.6) is 5.75 Å². The molecule has 7 N–H and O–H groups in total. The van der Waals surface area contributed by atoms with Gasteiger partial charge in [0.2, 0.25) is 35.4 Å². The molecule has 0 radical (unpaired) electrons. The SMILES string of the molecule is CCC(C)[C@H](NC(=O)[C@@H]1CCCN1C(=O)CNC(=O)[C@@H]1CCCN1C(=O)[C@H](Cc1ccccc1)NC(=O)[C@@H]1CCCN1C(=O)C(N)Cc1ccc(O)cc1)C(=O)O. The summed E-state index contributed by atoms with van der Waals surface area (Å²) in [6.45, 7) is 3.99. The van der Waals surface area contributed by atoms with Gasteiger partial charge in [-0.25, -0.2) is 4.79 Å². The standard InChI is InChI=1S/C41H55N7O9/c1-3-25(2)35(41(56)57)45-38(53)32-13-7-19-46(32)34(50)24-43-36(51)31-12-8-21-48(31)40(55)30(23-26-10-5-4-6-11-26)44-37(52)33-14-9-20-47(33)39(54)29(42)22-27-15-17-28(49)18-16-27/h4-6,10-11,15-18,25,29-33,35,49H,3,7-9,12-14,19-24,42H2,1-2H3,(H,43,51)(H,44,52)(H,45,53)(H,56,57)/t25?,29?,30-,31-,32-,33-,35-/m0/s1. The first-order chi connectivity index (χ1) is 27.3. The van der Waals surface area contributed by atoms with Gasteiger partial charge in [0.05, 0.1) is 12.6 Å². The number of nitrogens with one attached hydrogen (secondary N) is 3. The predicted octanol–water partition coefficient (Wildman–Crippen LogP) is 0.694. The van der Waals surface area contributed by atoms with Crippen LogP contribution in [-0.2, 0) is 46.4 Å². The summed E-state index contributed by atoms with van der Waals surface area (Å²) in [5.41, 5.74) is 7.84. The van der Waals surface area contributed by atoms with Crippen molar-refractivity contribution in [2.45, 2.75) is 108 Å². The summed E-state index contributed by atoms with van der Waals surface area (Å²) in [4.78, 5) is 97.7. The molecule has 16 heteroatoms. The van der Waals surface area contributed by atoms with Crippen molar-refractivity contribution in [1.29, 1.82) is 0 Å². The minimum absolute atomic E-state index is 0.0934. The van der Waals surface area contributed by atoms with Crippen molar-refractivity contribution in [3.8, 4) is 5.75 Å². The first kappa shape index (κ1) is 42.6. The Kier molecular flexibility index (Phi) is 14.6. The lowest BCUT2D eigenvalue weighted by Gasteiger charge is -2.31. The van der Waals surface area contributed by atoms with Crippen molar-refractivity contribution < 1.29 is 43.8 Å². The van der Waals surface area contributed by atoms with Gasteiger partial charge in [-0.3, -0.25) is 28.8 Å². The summed E-state index contributed by atoms with van der Waals surface area (Å²) >= 11 is 0. The first-order valence-electron chi connectivity index (χ1n) is 19.9. The maximum Gasteiger partial charge on any atom is 0.326 e. The molecule has 7 atom stereocenters. The lowest BCUT2D eigenvalue weighted by Crippen LogP contribution is -2.58. The molecule has 5 rings (SSSR count). The minimum Gasteiger partial charge on any atom is -0.508 e. The molecule has 57 heavy (non-hydrogen) atoms. The first-order valence-corrected chi connectivity index (χ1v) is 19.9. The summed E-state index contributed by atoms with van der Waals surface area (Å²) in [5.74, 6) is -4.34. The van der Waals surface area contributed by atoms with Gasteiger partial charge in [0.15, 0.2) is 0 Å². The number of benzene rings is 2. The Bertz CT molecular complexity index is 1780. The van der Waals surface area contributed by atoms with E-state index in [1.54, 1.807) is 19.1 Å². The van der Waals surface area contributed by atoms with Gasteiger partial charge < -0.3 is 46.6 Å². The number of phenolic OH excluding ortho intramolecular Hbond substituents is 1. The van der Waals surface area contributed by atoms with Crippen LogP contribution in [0.15, 0.2) is 54.6 Å². The number of nitrogens with two attached hydrogens (primary N) is 1. The summed E-state index contributed by atoms with van der Waals surface area (Å²) < 4.78 is 0. The van der Waals surface area contributed by atoms with Crippen LogP contribution >= 0.6 is 0 Å². The van der Waals surface area contributed by atoms with Gasteiger partial charge in [-0.2, -0.15) is 0 Å². The van der Waals surface area contributed by atoms with Crippen molar-refractivity contribution in [3.63, 3.8) is 0 Å². The highest BCUT2D eigenvalue weighted by atomic mass is 16.4. The lowest BCUT2D eigenvalue weighted by atomic mass is 9.99. The summed E-state index contributed by atoms with van der Waals surface area (Å²) in [6.07, 6.45) is 3.59. The van der Waals surface area contributed by atoms with Crippen LogP contribution in [0.4, 0.5) is 0 Å². The average molecular weight is 790 g/mol. The van der Waals surface area contributed by atoms with Crippen molar-refractivity contribution in [3.05, 3.63) is 65.7 Å². The third-order valence-corrected chi connectivity index (χ3v) is 11.3. The number of aliphatic carboxylic acids is 1. The minimum atomic E-state index is -1.15. The predicted molar refractivity (Wildman–Crippen MR) is 208 cm³/mol. The van der Waals surface area contributed by atoms with Gasteiger partial charge in [-0.15, -0.1) is 0 Å². The largest absolute Gasteiger partial charge is 0.508 e. The Morgan fingerprint density at radius 1 is 0.719 bits per heavy atom. The second-order valence-corrected chi connectivity index (χ2v) is 15.3. The van der Waals surface area contributed by atoms with Crippen molar-refractivity contribution in [2.75, 3.05) is 26.2 Å². The van der Waals surface area contributed by atoms with E-state index in [-0.39, 0.29) is 37.6 Å². The fourth-order valence-corrected chi connectivity index (χ4v) is 7.96. The molecule has 2 aromatic rings. The number of nitrogens with zero attached hydrogens (tertiary/aromatic N) is 3. The Morgan fingerprint density at radius 2 is 1.25 bits per heavy atom. The molecule has 0 aromatic heterocycles. The topological polar surface area (TPSA) is 232 Å². The van der Waals surface area contributed by atoms with E-state index in [1.165, 1.54) is 26.8 Å². The van der Waals surface area contributed by atoms with Crippen molar-refractivity contribution in [2.24, 2.45) is 11.7 Å². The molecule has 3 aliphatic rings. The number of carbonyl (C=O) groups excluding carboxylic acids is 6. The maximum atomic E-state index is 14.3. The van der Waals surface area contributed by atoms with E-state index >= 15 is 0 Å². The van der Waals surface area contributed by atoms with Gasteiger partial charge in [0.1, 0.15) is 36.0 Å². The fraction of sp³-hybridized carbons (Fsp3) is 0.537. The number of amides is 6.